The van der Waals surface area contributed by atoms with Crippen molar-refractivity contribution in [3.8, 4) is 0 Å². The summed E-state index contributed by atoms with van der Waals surface area (Å²) < 4.78 is 13.6. The van der Waals surface area contributed by atoms with Gasteiger partial charge in [-0.25, -0.2) is 4.39 Å². The van der Waals surface area contributed by atoms with E-state index in [0.717, 1.165) is 19.6 Å². The van der Waals surface area contributed by atoms with Gasteiger partial charge in [-0.15, -0.1) is 0 Å². The van der Waals surface area contributed by atoms with Gasteiger partial charge in [-0.05, 0) is 45.3 Å². The Labute approximate surface area is 131 Å². The van der Waals surface area contributed by atoms with Gasteiger partial charge in [0.2, 0.25) is 0 Å². The van der Waals surface area contributed by atoms with Crippen molar-refractivity contribution in [1.29, 1.82) is 0 Å². The van der Waals surface area contributed by atoms with Crippen LogP contribution >= 0.6 is 15.9 Å². The highest BCUT2D eigenvalue weighted by molar-refractivity contribution is 9.10. The summed E-state index contributed by atoms with van der Waals surface area (Å²) in [5.74, 6) is -0.300. The number of fused-ring (bicyclic) bond motifs is 1. The van der Waals surface area contributed by atoms with Crippen molar-refractivity contribution in [3.63, 3.8) is 0 Å². The fourth-order valence-corrected chi connectivity index (χ4v) is 3.24. The van der Waals surface area contributed by atoms with E-state index in [1.807, 2.05) is 12.1 Å². The molecule has 0 radical (unpaired) electrons. The van der Waals surface area contributed by atoms with Crippen molar-refractivity contribution >= 4 is 21.7 Å². The lowest BCUT2D eigenvalue weighted by molar-refractivity contribution is 0.0962. The molecule has 0 unspecified atom stereocenters. The maximum absolute atomic E-state index is 13.0. The minimum absolute atomic E-state index is 0.0397. The molecule has 21 heavy (non-hydrogen) atoms. The molecule has 3 rings (SSSR count). The zero-order valence-corrected chi connectivity index (χ0v) is 13.1. The number of ketones is 1. The average molecular weight is 348 g/mol. The van der Waals surface area contributed by atoms with Gasteiger partial charge in [-0.1, -0.05) is 24.3 Å². The van der Waals surface area contributed by atoms with Crippen LogP contribution < -0.4 is 0 Å². The Balaban J connectivity index is 1.60. The van der Waals surface area contributed by atoms with Gasteiger partial charge in [-0.2, -0.15) is 0 Å². The van der Waals surface area contributed by atoms with Crippen LogP contribution in [0.15, 0.2) is 46.9 Å². The Hall–Kier alpha value is -1.52. The van der Waals surface area contributed by atoms with Gasteiger partial charge in [0.05, 0.1) is 0 Å². The van der Waals surface area contributed by atoms with Crippen LogP contribution in [0.1, 0.15) is 27.9 Å². The number of benzene rings is 2. The summed E-state index contributed by atoms with van der Waals surface area (Å²) >= 11 is 3.25. The van der Waals surface area contributed by atoms with E-state index >= 15 is 0 Å². The Kier molecular flexibility index (Phi) is 4.17. The molecule has 0 saturated carbocycles. The highest BCUT2D eigenvalue weighted by Gasteiger charge is 2.19. The molecule has 0 fully saturated rings. The van der Waals surface area contributed by atoms with Crippen LogP contribution in [0.5, 0.6) is 0 Å². The van der Waals surface area contributed by atoms with Gasteiger partial charge in [0, 0.05) is 36.1 Å². The number of halogens is 2. The second-order valence-corrected chi connectivity index (χ2v) is 6.13. The standard InChI is InChI=1S/C17H15BrFNO/c18-16-9-14(19)5-6-15(16)17(21)7-8-20-10-12-3-1-2-4-13(12)11-20/h1-6,9H,7-8,10-11H2. The lowest BCUT2D eigenvalue weighted by Crippen LogP contribution is -2.20. The van der Waals surface area contributed by atoms with Crippen LogP contribution in [0.4, 0.5) is 4.39 Å². The topological polar surface area (TPSA) is 20.3 Å². The van der Waals surface area contributed by atoms with Crippen molar-refractivity contribution in [3.05, 3.63) is 69.4 Å². The van der Waals surface area contributed by atoms with E-state index in [-0.39, 0.29) is 11.6 Å². The number of carbonyl (C=O) groups excluding carboxylic acids is 1. The second kappa shape index (κ2) is 6.08. The van der Waals surface area contributed by atoms with Crippen LogP contribution in [-0.4, -0.2) is 17.2 Å². The van der Waals surface area contributed by atoms with Crippen molar-refractivity contribution in [1.82, 2.24) is 4.90 Å². The van der Waals surface area contributed by atoms with Crippen LogP contribution in [0.25, 0.3) is 0 Å². The van der Waals surface area contributed by atoms with E-state index in [1.165, 1.54) is 23.3 Å². The number of nitrogens with zero attached hydrogens (tertiary/aromatic N) is 1. The summed E-state index contributed by atoms with van der Waals surface area (Å²) in [5, 5.41) is 0. The third-order valence-corrected chi connectivity index (χ3v) is 4.45. The van der Waals surface area contributed by atoms with Crippen molar-refractivity contribution in [2.75, 3.05) is 6.54 Å². The van der Waals surface area contributed by atoms with Crippen LogP contribution in [0.3, 0.4) is 0 Å². The Bertz CT molecular complexity index is 661. The molecule has 1 aliphatic rings. The van der Waals surface area contributed by atoms with Gasteiger partial charge in [0.15, 0.2) is 5.78 Å². The largest absolute Gasteiger partial charge is 0.294 e. The smallest absolute Gasteiger partial charge is 0.165 e. The number of carbonyl (C=O) groups is 1. The van der Waals surface area contributed by atoms with Crippen molar-refractivity contribution in [2.45, 2.75) is 19.5 Å². The fourth-order valence-electron chi connectivity index (χ4n) is 2.67. The quantitative estimate of drug-likeness (QED) is 0.773. The molecule has 2 aromatic rings. The second-order valence-electron chi connectivity index (χ2n) is 5.28. The van der Waals surface area contributed by atoms with Gasteiger partial charge >= 0.3 is 0 Å². The Morgan fingerprint density at radius 1 is 1.14 bits per heavy atom. The normalized spacial score (nSPS) is 14.2. The molecule has 0 aliphatic carbocycles. The monoisotopic (exact) mass is 347 g/mol. The number of Topliss-reactive ketones (excluding diaryl/α,β-unsaturated/α-hetero) is 1. The maximum atomic E-state index is 13.0. The molecule has 1 heterocycles. The zero-order valence-electron chi connectivity index (χ0n) is 11.5. The molecule has 4 heteroatoms. The molecular weight excluding hydrogens is 333 g/mol. The van der Waals surface area contributed by atoms with Gasteiger partial charge in [-0.3, -0.25) is 9.69 Å². The van der Waals surface area contributed by atoms with Gasteiger partial charge in [0.25, 0.3) is 0 Å². The van der Waals surface area contributed by atoms with E-state index in [0.29, 0.717) is 16.5 Å². The summed E-state index contributed by atoms with van der Waals surface area (Å²) in [6.45, 7) is 2.51. The zero-order chi connectivity index (χ0) is 14.8. The maximum Gasteiger partial charge on any atom is 0.165 e. The molecule has 0 saturated heterocycles. The van der Waals surface area contributed by atoms with E-state index < -0.39 is 0 Å². The Morgan fingerprint density at radius 3 is 2.43 bits per heavy atom. The van der Waals surface area contributed by atoms with Crippen molar-refractivity contribution in [2.24, 2.45) is 0 Å². The molecule has 1 aliphatic heterocycles. The lowest BCUT2D eigenvalue weighted by atomic mass is 10.1. The number of hydrogen-bond acceptors (Lipinski definition) is 2. The van der Waals surface area contributed by atoms with E-state index in [2.05, 4.69) is 33.0 Å². The minimum Gasteiger partial charge on any atom is -0.294 e. The van der Waals surface area contributed by atoms with Gasteiger partial charge in [0.1, 0.15) is 5.82 Å². The van der Waals surface area contributed by atoms with E-state index in [4.69, 9.17) is 0 Å². The molecular formula is C17H15BrFNO. The highest BCUT2D eigenvalue weighted by Crippen LogP contribution is 2.23. The molecule has 108 valence electrons. The molecule has 0 spiro atoms. The molecule has 0 amide bonds. The molecule has 2 nitrogen and oxygen atoms in total. The van der Waals surface area contributed by atoms with Crippen molar-refractivity contribution < 1.29 is 9.18 Å². The molecule has 2 aromatic carbocycles. The summed E-state index contributed by atoms with van der Waals surface area (Å²) in [5.41, 5.74) is 3.23. The van der Waals surface area contributed by atoms with Crippen LogP contribution in [-0.2, 0) is 13.1 Å². The molecule has 0 atom stereocenters. The number of hydrogen-bond donors (Lipinski definition) is 0. The van der Waals surface area contributed by atoms with Crippen LogP contribution in [0.2, 0.25) is 0 Å². The summed E-state index contributed by atoms with van der Waals surface area (Å²) in [4.78, 5) is 14.5. The Morgan fingerprint density at radius 2 is 1.81 bits per heavy atom. The molecule has 0 N–H and O–H groups in total. The van der Waals surface area contributed by atoms with E-state index in [1.54, 1.807) is 6.07 Å². The number of rotatable bonds is 4. The fraction of sp³-hybridized carbons (Fsp3) is 0.235. The highest BCUT2D eigenvalue weighted by atomic mass is 79.9. The molecule has 0 bridgehead atoms. The first kappa shape index (κ1) is 14.4. The predicted molar refractivity (Wildman–Crippen MR) is 83.6 cm³/mol. The summed E-state index contributed by atoms with van der Waals surface area (Å²) in [6.07, 6.45) is 0.443. The summed E-state index contributed by atoms with van der Waals surface area (Å²) in [6, 6.07) is 12.6. The molecule has 0 aromatic heterocycles. The third-order valence-electron chi connectivity index (χ3n) is 3.79. The average Bonchev–Trinajstić information content (AvgIpc) is 2.87. The first-order valence-corrected chi connectivity index (χ1v) is 7.70. The van der Waals surface area contributed by atoms with Gasteiger partial charge < -0.3 is 0 Å². The SMILES string of the molecule is O=C(CCN1Cc2ccccc2C1)c1ccc(F)cc1Br. The minimum atomic E-state index is -0.339. The first-order valence-electron chi connectivity index (χ1n) is 6.91. The lowest BCUT2D eigenvalue weighted by Gasteiger charge is -2.14. The predicted octanol–water partition coefficient (Wildman–Crippen LogP) is 4.18. The van der Waals surface area contributed by atoms with Crippen LogP contribution in [0, 0.1) is 5.82 Å². The summed E-state index contributed by atoms with van der Waals surface area (Å²) in [7, 11) is 0. The third kappa shape index (κ3) is 3.22. The first-order chi connectivity index (χ1) is 10.1. The van der Waals surface area contributed by atoms with E-state index in [9.17, 15) is 9.18 Å².